The SMILES string of the molecule is C[C@H](c1ccccc1)N([C@H](C)c1ccccc1)P(Oc1ccc2ccccc2c1)Oc1ccc2ccccc2c1. The quantitative estimate of drug-likeness (QED) is 0.170. The number of hydrogen-bond donors (Lipinski definition) is 0. The maximum atomic E-state index is 6.85. The molecule has 0 amide bonds. The van der Waals surface area contributed by atoms with Crippen molar-refractivity contribution in [2.45, 2.75) is 25.9 Å². The molecule has 3 nitrogen and oxygen atoms in total. The highest BCUT2D eigenvalue weighted by molar-refractivity contribution is 7.45. The van der Waals surface area contributed by atoms with Crippen molar-refractivity contribution < 1.29 is 9.05 Å². The van der Waals surface area contributed by atoms with Gasteiger partial charge in [-0.15, -0.1) is 0 Å². The number of benzene rings is 6. The molecule has 4 heteroatoms. The van der Waals surface area contributed by atoms with Crippen molar-refractivity contribution in [3.05, 3.63) is 157 Å². The smallest absolute Gasteiger partial charge is 0.385 e. The van der Waals surface area contributed by atoms with Crippen molar-refractivity contribution in [3.63, 3.8) is 0 Å². The van der Waals surface area contributed by atoms with Gasteiger partial charge in [0.25, 0.3) is 0 Å². The van der Waals surface area contributed by atoms with Gasteiger partial charge in [-0.25, -0.2) is 4.67 Å². The van der Waals surface area contributed by atoms with Crippen LogP contribution >= 0.6 is 8.53 Å². The Hall–Kier alpha value is -4.17. The van der Waals surface area contributed by atoms with Crippen LogP contribution in [0.3, 0.4) is 0 Å². The summed E-state index contributed by atoms with van der Waals surface area (Å²) in [6.07, 6.45) is 0. The van der Waals surface area contributed by atoms with Gasteiger partial charge in [0.05, 0.1) is 0 Å². The van der Waals surface area contributed by atoms with E-state index in [4.69, 9.17) is 9.05 Å². The number of hydrogen-bond acceptors (Lipinski definition) is 3. The van der Waals surface area contributed by atoms with Crippen LogP contribution in [0.2, 0.25) is 0 Å². The predicted molar refractivity (Wildman–Crippen MR) is 168 cm³/mol. The molecule has 0 saturated heterocycles. The van der Waals surface area contributed by atoms with Crippen LogP contribution in [0.1, 0.15) is 37.1 Å². The zero-order valence-corrected chi connectivity index (χ0v) is 23.6. The Morgan fingerprint density at radius 2 is 0.825 bits per heavy atom. The Morgan fingerprint density at radius 1 is 0.450 bits per heavy atom. The summed E-state index contributed by atoms with van der Waals surface area (Å²) in [4.78, 5) is 0. The first-order chi connectivity index (χ1) is 19.7. The lowest BCUT2D eigenvalue weighted by atomic mass is 10.0. The van der Waals surface area contributed by atoms with Crippen molar-refractivity contribution in [3.8, 4) is 11.5 Å². The molecular weight excluding hydrogens is 509 g/mol. The molecule has 6 rings (SSSR count). The summed E-state index contributed by atoms with van der Waals surface area (Å²) in [5, 5.41) is 4.64. The molecule has 0 N–H and O–H groups in total. The maximum absolute atomic E-state index is 6.85. The van der Waals surface area contributed by atoms with E-state index in [-0.39, 0.29) is 12.1 Å². The fourth-order valence-corrected chi connectivity index (χ4v) is 6.77. The summed E-state index contributed by atoms with van der Waals surface area (Å²) >= 11 is 0. The van der Waals surface area contributed by atoms with E-state index in [0.717, 1.165) is 22.3 Å². The number of fused-ring (bicyclic) bond motifs is 2. The molecule has 0 heterocycles. The Kier molecular flexibility index (Phi) is 7.77. The van der Waals surface area contributed by atoms with Crippen LogP contribution in [0.5, 0.6) is 11.5 Å². The normalized spacial score (nSPS) is 13.0. The van der Waals surface area contributed by atoms with Gasteiger partial charge < -0.3 is 9.05 Å². The highest BCUT2D eigenvalue weighted by atomic mass is 31.2. The average molecular weight is 542 g/mol. The predicted octanol–water partition coefficient (Wildman–Crippen LogP) is 10.5. The molecule has 0 aromatic heterocycles. The van der Waals surface area contributed by atoms with Crippen molar-refractivity contribution in [1.82, 2.24) is 4.67 Å². The average Bonchev–Trinajstić information content (AvgIpc) is 3.01. The lowest BCUT2D eigenvalue weighted by Gasteiger charge is -2.38. The second-order valence-electron chi connectivity index (χ2n) is 9.99. The molecule has 0 radical (unpaired) electrons. The van der Waals surface area contributed by atoms with E-state index in [1.54, 1.807) is 0 Å². The highest BCUT2D eigenvalue weighted by Gasteiger charge is 2.35. The number of rotatable bonds is 9. The summed E-state index contributed by atoms with van der Waals surface area (Å²) in [5.74, 6) is 1.58. The molecule has 6 aromatic carbocycles. The lowest BCUT2D eigenvalue weighted by Crippen LogP contribution is -2.29. The van der Waals surface area contributed by atoms with Crippen LogP contribution in [0.4, 0.5) is 0 Å². The fraction of sp³-hybridized carbons (Fsp3) is 0.111. The van der Waals surface area contributed by atoms with E-state index in [1.165, 1.54) is 21.9 Å². The van der Waals surface area contributed by atoms with Crippen molar-refractivity contribution >= 4 is 30.1 Å². The number of nitrogens with zero attached hydrogens (tertiary/aromatic N) is 1. The molecule has 2 atom stereocenters. The van der Waals surface area contributed by atoms with Gasteiger partial charge in [-0.1, -0.05) is 121 Å². The Morgan fingerprint density at radius 3 is 1.25 bits per heavy atom. The van der Waals surface area contributed by atoms with Crippen molar-refractivity contribution in [2.75, 3.05) is 0 Å². The highest BCUT2D eigenvalue weighted by Crippen LogP contribution is 2.53. The van der Waals surface area contributed by atoms with Gasteiger partial charge in [0.15, 0.2) is 0 Å². The maximum Gasteiger partial charge on any atom is 0.385 e. The lowest BCUT2D eigenvalue weighted by molar-refractivity contribution is 0.247. The van der Waals surface area contributed by atoms with E-state index in [1.807, 2.05) is 12.1 Å². The minimum Gasteiger partial charge on any atom is -0.427 e. The zero-order valence-electron chi connectivity index (χ0n) is 22.7. The molecule has 0 aliphatic heterocycles. The molecule has 198 valence electrons. The molecule has 0 unspecified atom stereocenters. The Balaban J connectivity index is 1.44. The topological polar surface area (TPSA) is 21.7 Å². The van der Waals surface area contributed by atoms with E-state index in [0.29, 0.717) is 0 Å². The van der Waals surface area contributed by atoms with E-state index in [9.17, 15) is 0 Å². The summed E-state index contributed by atoms with van der Waals surface area (Å²) < 4.78 is 16.1. The molecule has 0 saturated carbocycles. The molecule has 40 heavy (non-hydrogen) atoms. The summed E-state index contributed by atoms with van der Waals surface area (Å²) in [6, 6.07) is 50.5. The fourth-order valence-electron chi connectivity index (χ4n) is 5.13. The van der Waals surface area contributed by atoms with Gasteiger partial charge in [0.2, 0.25) is 0 Å². The third-order valence-electron chi connectivity index (χ3n) is 7.36. The van der Waals surface area contributed by atoms with Crippen LogP contribution in [0, 0.1) is 0 Å². The third kappa shape index (κ3) is 5.72. The second kappa shape index (κ2) is 11.9. The van der Waals surface area contributed by atoms with E-state index < -0.39 is 8.53 Å². The van der Waals surface area contributed by atoms with Crippen LogP contribution in [0.15, 0.2) is 146 Å². The van der Waals surface area contributed by atoms with Gasteiger partial charge in [-0.2, -0.15) is 0 Å². The minimum absolute atomic E-state index is 0.0310. The molecular formula is C36H32NO2P. The monoisotopic (exact) mass is 541 g/mol. The van der Waals surface area contributed by atoms with Crippen molar-refractivity contribution in [1.29, 1.82) is 0 Å². The molecule has 0 aliphatic rings. The summed E-state index contributed by atoms with van der Waals surface area (Å²) in [5.41, 5.74) is 2.42. The van der Waals surface area contributed by atoms with Gasteiger partial charge >= 0.3 is 8.53 Å². The first-order valence-electron chi connectivity index (χ1n) is 13.7. The van der Waals surface area contributed by atoms with Crippen LogP contribution in [0.25, 0.3) is 21.5 Å². The van der Waals surface area contributed by atoms with Crippen LogP contribution in [-0.4, -0.2) is 4.67 Å². The molecule has 6 aromatic rings. The standard InChI is InChI=1S/C36H32NO2P/c1-27(29-13-5-3-6-14-29)37(28(2)30-15-7-4-8-16-30)40(38-35-23-21-31-17-9-11-19-33(31)25-35)39-36-24-22-32-18-10-12-20-34(32)26-36/h3-28H,1-2H3/t27-,28-/m1/s1. The first-order valence-corrected chi connectivity index (χ1v) is 14.8. The summed E-state index contributed by atoms with van der Waals surface area (Å²) in [6.45, 7) is 4.47. The summed E-state index contributed by atoms with van der Waals surface area (Å²) in [7, 11) is -1.58. The van der Waals surface area contributed by atoms with E-state index in [2.05, 4.69) is 152 Å². The van der Waals surface area contributed by atoms with Crippen LogP contribution < -0.4 is 9.05 Å². The van der Waals surface area contributed by atoms with Gasteiger partial charge in [-0.3, -0.25) is 0 Å². The Bertz CT molecular complexity index is 1580. The van der Waals surface area contributed by atoms with Gasteiger partial charge in [0.1, 0.15) is 11.5 Å². The van der Waals surface area contributed by atoms with Crippen LogP contribution in [-0.2, 0) is 0 Å². The minimum atomic E-state index is -1.58. The van der Waals surface area contributed by atoms with Gasteiger partial charge in [0, 0.05) is 12.1 Å². The molecule has 0 bridgehead atoms. The largest absolute Gasteiger partial charge is 0.427 e. The molecule has 0 fully saturated rings. The zero-order chi connectivity index (χ0) is 27.3. The molecule has 0 aliphatic carbocycles. The second-order valence-corrected chi connectivity index (χ2v) is 11.3. The van der Waals surface area contributed by atoms with Gasteiger partial charge in [-0.05, 0) is 70.8 Å². The third-order valence-corrected chi connectivity index (χ3v) is 9.16. The van der Waals surface area contributed by atoms with Crippen molar-refractivity contribution in [2.24, 2.45) is 0 Å². The first kappa shape index (κ1) is 26.1. The Labute approximate surface area is 237 Å². The van der Waals surface area contributed by atoms with E-state index >= 15 is 0 Å². The molecule has 0 spiro atoms.